The first-order valence-electron chi connectivity index (χ1n) is 10.6. The average molecular weight is 466 g/mol. The molecule has 0 unspecified atom stereocenters. The van der Waals surface area contributed by atoms with Gasteiger partial charge in [-0.2, -0.15) is 0 Å². The van der Waals surface area contributed by atoms with Crippen LogP contribution in [0.15, 0.2) is 54.6 Å². The minimum absolute atomic E-state index is 0.0928. The molecule has 3 atom stereocenters. The van der Waals surface area contributed by atoms with Crippen LogP contribution in [-0.4, -0.2) is 41.3 Å². The molecule has 2 aromatic rings. The van der Waals surface area contributed by atoms with Crippen molar-refractivity contribution in [2.24, 2.45) is 5.92 Å². The maximum atomic E-state index is 12.5. The molecule has 178 valence electrons. The Kier molecular flexibility index (Phi) is 7.91. The first kappa shape index (κ1) is 24.5. The number of piperidine rings is 1. The lowest BCUT2D eigenvalue weighted by atomic mass is 9.80. The van der Waals surface area contributed by atoms with Crippen LogP contribution in [-0.2, 0) is 16.1 Å². The number of likely N-dealkylation sites (tertiary alicyclic amines) is 1. The molecular weight excluding hydrogens is 441 g/mol. The number of esters is 1. The number of carbonyl (C=O) groups excluding carboxylic acids is 1. The van der Waals surface area contributed by atoms with Crippen molar-refractivity contribution in [1.82, 2.24) is 4.90 Å². The van der Waals surface area contributed by atoms with Crippen molar-refractivity contribution in [3.8, 4) is 5.75 Å². The van der Waals surface area contributed by atoms with Crippen molar-refractivity contribution in [3.63, 3.8) is 0 Å². The minimum atomic E-state index is -4.83. The summed E-state index contributed by atoms with van der Waals surface area (Å²) < 4.78 is 46.6. The summed E-state index contributed by atoms with van der Waals surface area (Å²) in [6, 6.07) is 12.6. The number of nitro groups is 1. The maximum absolute atomic E-state index is 12.5. The third-order valence-corrected chi connectivity index (χ3v) is 5.65. The standard InChI is InChI=1S/C23H25F3N2O5/c1-2-32-20(29)14-18-12-13-27(15-16-6-4-3-5-7-16)21(22(18)28(30)31)17-8-10-19(11-9-17)33-23(24,25)26/h3-11,18,21-22H,2,12-15H2,1H3/t18-,21+,22-/m0/s1. The molecule has 0 spiro atoms. The van der Waals surface area contributed by atoms with Crippen molar-refractivity contribution < 1.29 is 32.4 Å². The van der Waals surface area contributed by atoms with Gasteiger partial charge in [0.25, 0.3) is 0 Å². The Morgan fingerprint density at radius 3 is 2.39 bits per heavy atom. The van der Waals surface area contributed by atoms with E-state index >= 15 is 0 Å². The highest BCUT2D eigenvalue weighted by molar-refractivity contribution is 5.69. The molecule has 33 heavy (non-hydrogen) atoms. The second-order valence-corrected chi connectivity index (χ2v) is 7.85. The van der Waals surface area contributed by atoms with E-state index in [9.17, 15) is 28.1 Å². The normalized spacial score (nSPS) is 21.4. The second-order valence-electron chi connectivity index (χ2n) is 7.85. The Hall–Kier alpha value is -3.14. The van der Waals surface area contributed by atoms with E-state index in [1.807, 2.05) is 35.2 Å². The van der Waals surface area contributed by atoms with Crippen LogP contribution < -0.4 is 4.74 Å². The minimum Gasteiger partial charge on any atom is -0.466 e. The number of hydrogen-bond acceptors (Lipinski definition) is 6. The predicted octanol–water partition coefficient (Wildman–Crippen LogP) is 4.75. The average Bonchev–Trinajstić information content (AvgIpc) is 2.75. The van der Waals surface area contributed by atoms with E-state index in [-0.39, 0.29) is 13.0 Å². The number of carbonyl (C=O) groups is 1. The summed E-state index contributed by atoms with van der Waals surface area (Å²) in [5, 5.41) is 12.2. The van der Waals surface area contributed by atoms with Gasteiger partial charge in [0.2, 0.25) is 6.04 Å². The highest BCUT2D eigenvalue weighted by Gasteiger charge is 2.47. The highest BCUT2D eigenvalue weighted by atomic mass is 19.4. The zero-order chi connectivity index (χ0) is 24.0. The maximum Gasteiger partial charge on any atom is 0.573 e. The zero-order valence-corrected chi connectivity index (χ0v) is 18.0. The van der Waals surface area contributed by atoms with Gasteiger partial charge in [-0.25, -0.2) is 0 Å². The lowest BCUT2D eigenvalue weighted by Gasteiger charge is -2.41. The number of alkyl halides is 3. The van der Waals surface area contributed by atoms with Crippen molar-refractivity contribution in [2.75, 3.05) is 13.2 Å². The van der Waals surface area contributed by atoms with E-state index in [1.54, 1.807) is 6.92 Å². The Morgan fingerprint density at radius 1 is 1.15 bits per heavy atom. The van der Waals surface area contributed by atoms with Crippen LogP contribution in [0, 0.1) is 16.0 Å². The van der Waals surface area contributed by atoms with Crippen LogP contribution >= 0.6 is 0 Å². The molecule has 10 heteroatoms. The molecule has 0 saturated carbocycles. The fraction of sp³-hybridized carbons (Fsp3) is 0.435. The summed E-state index contributed by atoms with van der Waals surface area (Å²) in [7, 11) is 0. The molecule has 1 aliphatic heterocycles. The lowest BCUT2D eigenvalue weighted by Crippen LogP contribution is -2.50. The summed E-state index contributed by atoms with van der Waals surface area (Å²) in [6.45, 7) is 2.75. The number of ether oxygens (including phenoxy) is 2. The van der Waals surface area contributed by atoms with Gasteiger partial charge in [-0.1, -0.05) is 42.5 Å². The molecule has 0 radical (unpaired) electrons. The molecular formula is C23H25F3N2O5. The van der Waals surface area contributed by atoms with Gasteiger partial charge in [-0.3, -0.25) is 19.8 Å². The van der Waals surface area contributed by atoms with Gasteiger partial charge in [0.15, 0.2) is 0 Å². The molecule has 1 saturated heterocycles. The van der Waals surface area contributed by atoms with Gasteiger partial charge in [0, 0.05) is 17.4 Å². The summed E-state index contributed by atoms with van der Waals surface area (Å²) in [6.07, 6.45) is -4.51. The number of nitrogens with zero attached hydrogens (tertiary/aromatic N) is 2. The Morgan fingerprint density at radius 2 is 1.82 bits per heavy atom. The Bertz CT molecular complexity index is 937. The van der Waals surface area contributed by atoms with Gasteiger partial charge >= 0.3 is 12.3 Å². The predicted molar refractivity (Wildman–Crippen MR) is 113 cm³/mol. The summed E-state index contributed by atoms with van der Waals surface area (Å²) in [5.74, 6) is -1.47. The number of hydrogen-bond donors (Lipinski definition) is 0. The number of halogens is 3. The van der Waals surface area contributed by atoms with E-state index in [0.717, 1.165) is 17.7 Å². The largest absolute Gasteiger partial charge is 0.573 e. The molecule has 2 aromatic carbocycles. The van der Waals surface area contributed by atoms with E-state index in [2.05, 4.69) is 4.74 Å². The zero-order valence-electron chi connectivity index (χ0n) is 18.0. The van der Waals surface area contributed by atoms with Crippen LogP contribution in [0.1, 0.15) is 36.9 Å². The topological polar surface area (TPSA) is 81.9 Å². The molecule has 1 heterocycles. The molecule has 0 N–H and O–H groups in total. The Labute approximate surface area is 189 Å². The van der Waals surface area contributed by atoms with Gasteiger partial charge in [0.05, 0.1) is 13.0 Å². The Balaban J connectivity index is 1.94. The SMILES string of the molecule is CCOC(=O)C[C@@H]1CCN(Cc2ccccc2)[C@H](c2ccc(OC(F)(F)F)cc2)[C@H]1[N+](=O)[O-]. The summed E-state index contributed by atoms with van der Waals surface area (Å²) >= 11 is 0. The van der Waals surface area contributed by atoms with Gasteiger partial charge < -0.3 is 9.47 Å². The monoisotopic (exact) mass is 466 g/mol. The molecule has 1 aliphatic rings. The van der Waals surface area contributed by atoms with Crippen molar-refractivity contribution >= 4 is 5.97 Å². The van der Waals surface area contributed by atoms with E-state index in [1.165, 1.54) is 12.1 Å². The molecule has 0 bridgehead atoms. The number of rotatable bonds is 8. The summed E-state index contributed by atoms with van der Waals surface area (Å²) in [4.78, 5) is 25.8. The molecule has 1 fully saturated rings. The quantitative estimate of drug-likeness (QED) is 0.317. The molecule has 0 aliphatic carbocycles. The molecule has 0 amide bonds. The lowest BCUT2D eigenvalue weighted by molar-refractivity contribution is -0.545. The highest BCUT2D eigenvalue weighted by Crippen LogP contribution is 2.39. The summed E-state index contributed by atoms with van der Waals surface area (Å²) in [5.41, 5.74) is 1.43. The first-order valence-corrected chi connectivity index (χ1v) is 10.6. The first-order chi connectivity index (χ1) is 15.7. The van der Waals surface area contributed by atoms with Crippen LogP contribution in [0.4, 0.5) is 13.2 Å². The van der Waals surface area contributed by atoms with E-state index in [0.29, 0.717) is 25.1 Å². The van der Waals surface area contributed by atoms with Crippen LogP contribution in [0.25, 0.3) is 0 Å². The van der Waals surface area contributed by atoms with Crippen LogP contribution in [0.5, 0.6) is 5.75 Å². The van der Waals surface area contributed by atoms with Crippen molar-refractivity contribution in [3.05, 3.63) is 75.8 Å². The third kappa shape index (κ3) is 6.67. The molecule has 3 rings (SSSR count). The van der Waals surface area contributed by atoms with Crippen LogP contribution in [0.2, 0.25) is 0 Å². The number of benzene rings is 2. The van der Waals surface area contributed by atoms with E-state index in [4.69, 9.17) is 4.74 Å². The van der Waals surface area contributed by atoms with Crippen molar-refractivity contribution in [1.29, 1.82) is 0 Å². The van der Waals surface area contributed by atoms with Crippen LogP contribution in [0.3, 0.4) is 0 Å². The molecule has 7 nitrogen and oxygen atoms in total. The van der Waals surface area contributed by atoms with Gasteiger partial charge in [-0.05, 0) is 43.1 Å². The van der Waals surface area contributed by atoms with Gasteiger partial charge in [0.1, 0.15) is 11.8 Å². The third-order valence-electron chi connectivity index (χ3n) is 5.65. The smallest absolute Gasteiger partial charge is 0.466 e. The molecule has 0 aromatic heterocycles. The fourth-order valence-corrected chi connectivity index (χ4v) is 4.33. The van der Waals surface area contributed by atoms with Gasteiger partial charge in [-0.15, -0.1) is 13.2 Å². The van der Waals surface area contributed by atoms with Crippen molar-refractivity contribution in [2.45, 2.75) is 44.8 Å². The fourth-order valence-electron chi connectivity index (χ4n) is 4.33. The second kappa shape index (κ2) is 10.7. The van der Waals surface area contributed by atoms with E-state index < -0.39 is 41.0 Å².